The fraction of sp³-hybridized carbons (Fsp3) is 0.300. The van der Waals surface area contributed by atoms with Gasteiger partial charge in [-0.15, -0.1) is 34.9 Å². The Morgan fingerprint density at radius 1 is 0.867 bits per heavy atom. The third-order valence-corrected chi connectivity index (χ3v) is 8.41. The molecule has 1 N–H and O–H groups in total. The number of benzene rings is 4. The molecule has 0 fully saturated rings. The van der Waals surface area contributed by atoms with Crippen LogP contribution in [-0.2, 0) is 24.9 Å². The van der Waals surface area contributed by atoms with E-state index in [1.807, 2.05) is 58.2 Å². The summed E-state index contributed by atoms with van der Waals surface area (Å²) in [7, 11) is 0. The molecular formula is C40H43FIrNO2-. The number of aliphatic hydroxyl groups is 1. The Bertz CT molecular complexity index is 1750. The van der Waals surface area contributed by atoms with Crippen molar-refractivity contribution in [2.24, 2.45) is 11.8 Å². The molecule has 4 aromatic carbocycles. The molecule has 0 atom stereocenters. The predicted molar refractivity (Wildman–Crippen MR) is 182 cm³/mol. The van der Waals surface area contributed by atoms with E-state index in [1.165, 1.54) is 23.8 Å². The molecule has 0 bridgehead atoms. The molecule has 0 aliphatic heterocycles. The molecule has 45 heavy (non-hydrogen) atoms. The Morgan fingerprint density at radius 3 is 2.09 bits per heavy atom. The quantitative estimate of drug-likeness (QED) is 0.0701. The van der Waals surface area contributed by atoms with Crippen LogP contribution in [0.1, 0.15) is 64.5 Å². The maximum Gasteiger partial charge on any atom is 0.162 e. The Labute approximate surface area is 281 Å². The Balaban J connectivity index is 0.000000297. The first-order valence-electron chi connectivity index (χ1n) is 15.7. The predicted octanol–water partition coefficient (Wildman–Crippen LogP) is 11.1. The minimum atomic E-state index is -0.226. The molecule has 3 nitrogen and oxygen atoms in total. The van der Waals surface area contributed by atoms with Gasteiger partial charge in [0.25, 0.3) is 0 Å². The van der Waals surface area contributed by atoms with E-state index >= 15 is 0 Å². The summed E-state index contributed by atoms with van der Waals surface area (Å²) in [5, 5.41) is 14.3. The van der Waals surface area contributed by atoms with Gasteiger partial charge in [0.05, 0.1) is 5.76 Å². The molecule has 1 aromatic heterocycles. The number of allylic oxidation sites excluding steroid dienone is 2. The molecule has 0 spiro atoms. The van der Waals surface area contributed by atoms with Gasteiger partial charge >= 0.3 is 0 Å². The van der Waals surface area contributed by atoms with Gasteiger partial charge in [-0.25, -0.2) is 4.39 Å². The number of aromatic nitrogens is 1. The summed E-state index contributed by atoms with van der Waals surface area (Å²) in [5.41, 5.74) is 6.34. The topological polar surface area (TPSA) is 50.2 Å². The smallest absolute Gasteiger partial charge is 0.162 e. The van der Waals surface area contributed by atoms with Crippen molar-refractivity contribution in [3.8, 4) is 22.4 Å². The number of aliphatic hydroxyl groups excluding tert-OH is 1. The van der Waals surface area contributed by atoms with Crippen LogP contribution in [0.25, 0.3) is 43.9 Å². The van der Waals surface area contributed by atoms with Crippen LogP contribution in [0.15, 0.2) is 90.8 Å². The summed E-state index contributed by atoms with van der Waals surface area (Å²) >= 11 is 0. The van der Waals surface area contributed by atoms with Crippen LogP contribution < -0.4 is 0 Å². The molecule has 5 rings (SSSR count). The Kier molecular flexibility index (Phi) is 13.2. The summed E-state index contributed by atoms with van der Waals surface area (Å²) in [5.74, 6) is 0.321. The van der Waals surface area contributed by atoms with Gasteiger partial charge < -0.3 is 10.1 Å². The van der Waals surface area contributed by atoms with Gasteiger partial charge in [-0.1, -0.05) is 77.9 Å². The number of ketones is 1. The zero-order valence-electron chi connectivity index (χ0n) is 27.1. The first-order valence-corrected chi connectivity index (χ1v) is 15.7. The van der Waals surface area contributed by atoms with Crippen LogP contribution in [0.2, 0.25) is 0 Å². The second-order valence-corrected chi connectivity index (χ2v) is 11.5. The van der Waals surface area contributed by atoms with Gasteiger partial charge in [-0.05, 0) is 88.3 Å². The fourth-order valence-corrected chi connectivity index (χ4v) is 5.92. The summed E-state index contributed by atoms with van der Waals surface area (Å²) in [6.45, 7) is 12.2. The average molecular weight is 781 g/mol. The summed E-state index contributed by atoms with van der Waals surface area (Å²) in [6.07, 6.45) is 6.76. The minimum absolute atomic E-state index is 0. The van der Waals surface area contributed by atoms with E-state index in [0.29, 0.717) is 0 Å². The van der Waals surface area contributed by atoms with Crippen molar-refractivity contribution in [3.05, 3.63) is 114 Å². The number of carbonyl (C=O) groups is 1. The summed E-state index contributed by atoms with van der Waals surface area (Å²) in [6, 6.07) is 27.0. The molecule has 5 aromatic rings. The number of nitrogens with zero attached hydrogens (tertiary/aromatic N) is 1. The maximum absolute atomic E-state index is 13.5. The second-order valence-electron chi connectivity index (χ2n) is 11.5. The molecule has 0 aliphatic carbocycles. The summed E-state index contributed by atoms with van der Waals surface area (Å²) in [4.78, 5) is 16.5. The van der Waals surface area contributed by atoms with Crippen molar-refractivity contribution in [2.45, 2.75) is 67.2 Å². The Morgan fingerprint density at radius 2 is 1.49 bits per heavy atom. The molecule has 1 heterocycles. The number of halogens is 1. The average Bonchev–Trinajstić information content (AvgIpc) is 3.02. The van der Waals surface area contributed by atoms with Crippen molar-refractivity contribution in [1.29, 1.82) is 0 Å². The van der Waals surface area contributed by atoms with Crippen LogP contribution >= 0.6 is 0 Å². The van der Waals surface area contributed by atoms with E-state index in [-0.39, 0.29) is 49.3 Å². The van der Waals surface area contributed by atoms with Crippen molar-refractivity contribution in [1.82, 2.24) is 4.98 Å². The first kappa shape index (κ1) is 35.8. The number of carbonyl (C=O) groups excluding carboxylic acids is 1. The summed E-state index contributed by atoms with van der Waals surface area (Å²) < 4.78 is 13.5. The maximum atomic E-state index is 13.5. The number of hydrogen-bond acceptors (Lipinski definition) is 3. The molecule has 237 valence electrons. The van der Waals surface area contributed by atoms with Crippen LogP contribution in [0.4, 0.5) is 4.39 Å². The number of fused-ring (bicyclic) bond motifs is 3. The monoisotopic (exact) mass is 781 g/mol. The van der Waals surface area contributed by atoms with Crippen molar-refractivity contribution in [2.75, 3.05) is 0 Å². The second kappa shape index (κ2) is 16.6. The molecule has 0 aliphatic rings. The number of aryl methyl sites for hydroxylation is 2. The van der Waals surface area contributed by atoms with Gasteiger partial charge in [0.1, 0.15) is 5.82 Å². The SMILES string of the molecule is CCC(CC)C(=O)/C=C(\O)C(CC)CC.Cc1[c-]c(-c2nccc3cc(-c4ccc(F)cc4)c4ccccc4c23)cc(C)c1.[Ir]. The van der Waals surface area contributed by atoms with E-state index in [2.05, 4.69) is 56.3 Å². The zero-order valence-corrected chi connectivity index (χ0v) is 29.5. The van der Waals surface area contributed by atoms with Crippen LogP contribution in [0.5, 0.6) is 0 Å². The third kappa shape index (κ3) is 8.54. The van der Waals surface area contributed by atoms with Gasteiger partial charge in [-0.2, -0.15) is 0 Å². The molecular weight excluding hydrogens is 738 g/mol. The third-order valence-electron chi connectivity index (χ3n) is 8.41. The first-order chi connectivity index (χ1) is 21.2. The van der Waals surface area contributed by atoms with E-state index in [1.54, 1.807) is 0 Å². The van der Waals surface area contributed by atoms with Crippen LogP contribution in [0.3, 0.4) is 0 Å². The van der Waals surface area contributed by atoms with E-state index in [4.69, 9.17) is 4.98 Å². The van der Waals surface area contributed by atoms with E-state index in [0.717, 1.165) is 75.2 Å². The van der Waals surface area contributed by atoms with E-state index in [9.17, 15) is 14.3 Å². The van der Waals surface area contributed by atoms with Crippen molar-refractivity contribution in [3.63, 3.8) is 0 Å². The van der Waals surface area contributed by atoms with Gasteiger partial charge in [0.2, 0.25) is 0 Å². The molecule has 1 radical (unpaired) electrons. The van der Waals surface area contributed by atoms with Gasteiger partial charge in [0.15, 0.2) is 5.78 Å². The number of pyridine rings is 1. The van der Waals surface area contributed by atoms with E-state index < -0.39 is 0 Å². The van der Waals surface area contributed by atoms with Crippen molar-refractivity contribution < 1.29 is 34.4 Å². The number of hydrogen-bond donors (Lipinski definition) is 1. The van der Waals surface area contributed by atoms with Crippen molar-refractivity contribution >= 4 is 27.3 Å². The van der Waals surface area contributed by atoms with Gasteiger partial charge in [-0.3, -0.25) is 4.79 Å². The molecule has 0 saturated carbocycles. The molecule has 0 saturated heterocycles. The molecule has 0 unspecified atom stereocenters. The van der Waals surface area contributed by atoms with Gasteiger partial charge in [0, 0.05) is 44.2 Å². The Hall–Kier alpha value is -3.66. The zero-order chi connectivity index (χ0) is 31.8. The standard InChI is InChI=1S/C27H19FN.C13H24O2.Ir/c1-17-13-18(2)15-21(14-17)27-26-20(11-12-29-27)16-25(19-7-9-22(28)10-8-19)23-5-3-4-6-24(23)26;1-5-10(6-2)12(14)9-13(15)11(7-3)8-4;/h3-14,16H,1-2H3;9-11,14H,5-8H2,1-4H3;/q-1;;/b;12-9-;. The minimum Gasteiger partial charge on any atom is -0.512 e. The largest absolute Gasteiger partial charge is 0.512 e. The fourth-order valence-electron chi connectivity index (χ4n) is 5.92. The van der Waals surface area contributed by atoms with Crippen LogP contribution in [-0.4, -0.2) is 15.9 Å². The molecule has 5 heteroatoms. The number of rotatable bonds is 9. The van der Waals surface area contributed by atoms with Crippen LogP contribution in [0, 0.1) is 37.6 Å². The normalized spacial score (nSPS) is 11.4. The molecule has 0 amide bonds.